The van der Waals surface area contributed by atoms with E-state index in [9.17, 15) is 4.79 Å². The highest BCUT2D eigenvalue weighted by Crippen LogP contribution is 2.33. The van der Waals surface area contributed by atoms with E-state index >= 15 is 0 Å². The van der Waals surface area contributed by atoms with Gasteiger partial charge in [-0.15, -0.1) is 0 Å². The van der Waals surface area contributed by atoms with Gasteiger partial charge in [0.2, 0.25) is 0 Å². The summed E-state index contributed by atoms with van der Waals surface area (Å²) >= 11 is 0. The smallest absolute Gasteiger partial charge is 0.411 e. The van der Waals surface area contributed by atoms with Crippen LogP contribution in [0.2, 0.25) is 0 Å². The molecule has 4 heteroatoms. The third-order valence-electron chi connectivity index (χ3n) is 3.95. The van der Waals surface area contributed by atoms with Crippen LogP contribution >= 0.6 is 0 Å². The van der Waals surface area contributed by atoms with Crippen molar-refractivity contribution in [3.05, 3.63) is 59.2 Å². The Morgan fingerprint density at radius 1 is 1.04 bits per heavy atom. The summed E-state index contributed by atoms with van der Waals surface area (Å²) in [4.78, 5) is 12.1. The van der Waals surface area contributed by atoms with Gasteiger partial charge < -0.3 is 10.5 Å². The number of anilines is 2. The molecule has 128 valence electrons. The summed E-state index contributed by atoms with van der Waals surface area (Å²) in [6, 6.07) is 13.5. The molecule has 0 saturated carbocycles. The molecule has 0 aromatic heterocycles. The third-order valence-corrected chi connectivity index (χ3v) is 3.95. The summed E-state index contributed by atoms with van der Waals surface area (Å²) in [5.41, 5.74) is 10.8. The summed E-state index contributed by atoms with van der Waals surface area (Å²) in [5, 5.41) is 2.81. The molecule has 0 fully saturated rings. The van der Waals surface area contributed by atoms with Crippen molar-refractivity contribution in [2.45, 2.75) is 46.1 Å². The van der Waals surface area contributed by atoms with Gasteiger partial charge in [-0.3, -0.25) is 5.32 Å². The van der Waals surface area contributed by atoms with E-state index in [0.29, 0.717) is 0 Å². The van der Waals surface area contributed by atoms with Crippen molar-refractivity contribution >= 4 is 17.5 Å². The van der Waals surface area contributed by atoms with Gasteiger partial charge in [0.15, 0.2) is 0 Å². The van der Waals surface area contributed by atoms with Crippen molar-refractivity contribution in [1.82, 2.24) is 0 Å². The Balaban J connectivity index is 2.12. The number of nitrogen functional groups attached to an aromatic ring is 1. The Kier molecular flexibility index (Phi) is 5.85. The molecule has 0 unspecified atom stereocenters. The number of rotatable bonds is 5. The number of carbonyl (C=O) groups is 1. The van der Waals surface area contributed by atoms with Gasteiger partial charge >= 0.3 is 6.09 Å². The van der Waals surface area contributed by atoms with E-state index in [4.69, 9.17) is 10.5 Å². The van der Waals surface area contributed by atoms with Crippen molar-refractivity contribution in [3.8, 4) is 0 Å². The van der Waals surface area contributed by atoms with E-state index in [-0.39, 0.29) is 18.4 Å². The van der Waals surface area contributed by atoms with E-state index in [1.54, 1.807) is 0 Å². The first-order valence-corrected chi connectivity index (χ1v) is 8.29. The van der Waals surface area contributed by atoms with Crippen molar-refractivity contribution in [3.63, 3.8) is 0 Å². The van der Waals surface area contributed by atoms with Crippen LogP contribution in [0.1, 0.15) is 56.2 Å². The lowest BCUT2D eigenvalue weighted by Crippen LogP contribution is -2.15. The molecule has 2 rings (SSSR count). The average molecular weight is 326 g/mol. The quantitative estimate of drug-likeness (QED) is 0.736. The van der Waals surface area contributed by atoms with Gasteiger partial charge in [-0.1, -0.05) is 58.0 Å². The molecular weight excluding hydrogens is 300 g/mol. The Labute approximate surface area is 144 Å². The van der Waals surface area contributed by atoms with Crippen molar-refractivity contribution in [1.29, 1.82) is 0 Å². The van der Waals surface area contributed by atoms with Gasteiger partial charge in [-0.2, -0.15) is 0 Å². The second kappa shape index (κ2) is 7.86. The summed E-state index contributed by atoms with van der Waals surface area (Å²) < 4.78 is 5.28. The number of nitrogens with one attached hydrogen (secondary N) is 1. The molecule has 1 amide bonds. The van der Waals surface area contributed by atoms with E-state index in [1.165, 1.54) is 0 Å². The van der Waals surface area contributed by atoms with Gasteiger partial charge in [-0.25, -0.2) is 4.79 Å². The second-order valence-corrected chi connectivity index (χ2v) is 6.56. The number of amides is 1. The maximum atomic E-state index is 12.1. The molecule has 0 heterocycles. The third kappa shape index (κ3) is 4.51. The first kappa shape index (κ1) is 17.9. The molecule has 2 aromatic carbocycles. The van der Waals surface area contributed by atoms with Crippen molar-refractivity contribution < 1.29 is 9.53 Å². The minimum absolute atomic E-state index is 0.246. The van der Waals surface area contributed by atoms with Crippen LogP contribution in [0.4, 0.5) is 16.2 Å². The van der Waals surface area contributed by atoms with E-state index in [0.717, 1.165) is 28.1 Å². The van der Waals surface area contributed by atoms with E-state index < -0.39 is 6.09 Å². The maximum absolute atomic E-state index is 12.1. The number of benzene rings is 2. The number of hydrogen-bond acceptors (Lipinski definition) is 3. The van der Waals surface area contributed by atoms with Crippen LogP contribution < -0.4 is 11.1 Å². The molecule has 0 spiro atoms. The predicted molar refractivity (Wildman–Crippen MR) is 99.3 cm³/mol. The SMILES string of the molecule is CC(C)c1cc(NC(=O)OCc2ccccc2)cc(C(C)C)c1N. The fourth-order valence-electron chi connectivity index (χ4n) is 2.60. The standard InChI is InChI=1S/C20H26N2O2/c1-13(2)17-10-16(11-18(14(3)4)19(17)21)22-20(23)24-12-15-8-6-5-7-9-15/h5-11,13-14H,12,21H2,1-4H3,(H,22,23). The number of hydrogen-bond donors (Lipinski definition) is 2. The lowest BCUT2D eigenvalue weighted by atomic mass is 9.92. The predicted octanol–water partition coefficient (Wildman–Crippen LogP) is 5.26. The largest absolute Gasteiger partial charge is 0.444 e. The molecule has 0 atom stereocenters. The number of carbonyl (C=O) groups excluding carboxylic acids is 1. The monoisotopic (exact) mass is 326 g/mol. The van der Waals surface area contributed by atoms with Crippen LogP contribution in [0.5, 0.6) is 0 Å². The fourth-order valence-corrected chi connectivity index (χ4v) is 2.60. The topological polar surface area (TPSA) is 64.3 Å². The molecule has 24 heavy (non-hydrogen) atoms. The van der Waals surface area contributed by atoms with Crippen LogP contribution in [-0.2, 0) is 11.3 Å². The summed E-state index contributed by atoms with van der Waals surface area (Å²) in [6.07, 6.45) is -0.465. The van der Waals surface area contributed by atoms with Crippen LogP contribution in [0.15, 0.2) is 42.5 Å². The molecule has 0 aliphatic carbocycles. The number of nitrogens with two attached hydrogens (primary N) is 1. The summed E-state index contributed by atoms with van der Waals surface area (Å²) in [6.45, 7) is 8.61. The summed E-state index contributed by atoms with van der Waals surface area (Å²) in [7, 11) is 0. The zero-order chi connectivity index (χ0) is 17.7. The first-order chi connectivity index (χ1) is 11.4. The highest BCUT2D eigenvalue weighted by molar-refractivity contribution is 5.85. The van der Waals surface area contributed by atoms with Gasteiger partial charge in [0.05, 0.1) is 0 Å². The Morgan fingerprint density at radius 3 is 2.08 bits per heavy atom. The highest BCUT2D eigenvalue weighted by Gasteiger charge is 2.15. The number of ether oxygens (including phenoxy) is 1. The Morgan fingerprint density at radius 2 is 1.58 bits per heavy atom. The molecule has 0 aliphatic heterocycles. The zero-order valence-corrected chi connectivity index (χ0v) is 14.8. The fraction of sp³-hybridized carbons (Fsp3) is 0.350. The minimum atomic E-state index is -0.465. The molecular formula is C20H26N2O2. The van der Waals surface area contributed by atoms with Gasteiger partial charge in [0.1, 0.15) is 6.61 Å². The lowest BCUT2D eigenvalue weighted by Gasteiger charge is -2.19. The molecule has 3 N–H and O–H groups in total. The van der Waals surface area contributed by atoms with Crippen molar-refractivity contribution in [2.24, 2.45) is 0 Å². The van der Waals surface area contributed by atoms with Gasteiger partial charge in [0, 0.05) is 11.4 Å². The van der Waals surface area contributed by atoms with Crippen LogP contribution in [-0.4, -0.2) is 6.09 Å². The van der Waals surface area contributed by atoms with Gasteiger partial charge in [-0.05, 0) is 40.7 Å². The van der Waals surface area contributed by atoms with Gasteiger partial charge in [0.25, 0.3) is 0 Å². The lowest BCUT2D eigenvalue weighted by molar-refractivity contribution is 0.155. The molecule has 0 saturated heterocycles. The second-order valence-electron chi connectivity index (χ2n) is 6.56. The molecule has 4 nitrogen and oxygen atoms in total. The van der Waals surface area contributed by atoms with Crippen molar-refractivity contribution in [2.75, 3.05) is 11.1 Å². The molecule has 0 radical (unpaired) electrons. The highest BCUT2D eigenvalue weighted by atomic mass is 16.5. The zero-order valence-electron chi connectivity index (χ0n) is 14.8. The molecule has 0 bridgehead atoms. The van der Waals surface area contributed by atoms with Crippen LogP contribution in [0.25, 0.3) is 0 Å². The molecule has 0 aliphatic rings. The van der Waals surface area contributed by atoms with Crippen LogP contribution in [0, 0.1) is 0 Å². The van der Waals surface area contributed by atoms with Crippen LogP contribution in [0.3, 0.4) is 0 Å². The normalized spacial score (nSPS) is 10.9. The molecule has 2 aromatic rings. The first-order valence-electron chi connectivity index (χ1n) is 8.29. The Bertz CT molecular complexity index is 665. The average Bonchev–Trinajstić information content (AvgIpc) is 2.55. The van der Waals surface area contributed by atoms with E-state index in [2.05, 4.69) is 33.0 Å². The van der Waals surface area contributed by atoms with E-state index in [1.807, 2.05) is 42.5 Å². The summed E-state index contributed by atoms with van der Waals surface area (Å²) in [5.74, 6) is 0.564. The Hall–Kier alpha value is -2.49. The minimum Gasteiger partial charge on any atom is -0.444 e. The maximum Gasteiger partial charge on any atom is 0.411 e.